The molecule has 2 fully saturated rings. The molecule has 0 spiro atoms. The van der Waals surface area contributed by atoms with Crippen LogP contribution in [-0.2, 0) is 6.54 Å². The number of hydrogen-bond donors (Lipinski definition) is 0. The van der Waals surface area contributed by atoms with E-state index in [0.29, 0.717) is 17.8 Å². The first kappa shape index (κ1) is 14.9. The minimum Gasteiger partial charge on any atom is -0.354 e. The van der Waals surface area contributed by atoms with Crippen LogP contribution in [0.3, 0.4) is 0 Å². The van der Waals surface area contributed by atoms with Crippen LogP contribution in [0.5, 0.6) is 0 Å². The van der Waals surface area contributed by atoms with Gasteiger partial charge in [0.05, 0.1) is 5.69 Å². The Morgan fingerprint density at radius 3 is 2.68 bits per heavy atom. The molecule has 130 valence electrons. The smallest absolute Gasteiger partial charge is 0.154 e. The summed E-state index contributed by atoms with van der Waals surface area (Å²) in [5, 5.41) is 4.72. The van der Waals surface area contributed by atoms with Gasteiger partial charge >= 0.3 is 0 Å². The SMILES string of the molecule is CC(C)c1nccn1CC1CN(c2nccn3nc(C4CC4)cc23)C1. The molecular weight excluding hydrogens is 312 g/mol. The lowest BCUT2D eigenvalue weighted by Crippen LogP contribution is -2.49. The fourth-order valence-corrected chi connectivity index (χ4v) is 3.86. The third-order valence-electron chi connectivity index (χ3n) is 5.36. The summed E-state index contributed by atoms with van der Waals surface area (Å²) in [7, 11) is 0. The van der Waals surface area contributed by atoms with Gasteiger partial charge in [-0.15, -0.1) is 0 Å². The van der Waals surface area contributed by atoms with Crippen molar-refractivity contribution in [1.82, 2.24) is 24.1 Å². The number of aromatic nitrogens is 5. The van der Waals surface area contributed by atoms with Crippen LogP contribution < -0.4 is 4.90 Å². The summed E-state index contributed by atoms with van der Waals surface area (Å²) in [6.07, 6.45) is 10.4. The molecule has 25 heavy (non-hydrogen) atoms. The van der Waals surface area contributed by atoms with E-state index in [1.54, 1.807) is 0 Å². The second kappa shape index (κ2) is 5.58. The second-order valence-electron chi connectivity index (χ2n) is 7.79. The Hall–Kier alpha value is -2.37. The van der Waals surface area contributed by atoms with Gasteiger partial charge < -0.3 is 9.47 Å². The second-order valence-corrected chi connectivity index (χ2v) is 7.79. The van der Waals surface area contributed by atoms with Crippen LogP contribution in [0.4, 0.5) is 5.82 Å². The van der Waals surface area contributed by atoms with Gasteiger partial charge in [0.1, 0.15) is 11.3 Å². The van der Waals surface area contributed by atoms with Crippen molar-refractivity contribution in [3.05, 3.63) is 42.4 Å². The Bertz CT molecular complexity index is 898. The van der Waals surface area contributed by atoms with E-state index in [4.69, 9.17) is 5.10 Å². The largest absolute Gasteiger partial charge is 0.354 e. The first-order valence-electron chi connectivity index (χ1n) is 9.29. The highest BCUT2D eigenvalue weighted by Crippen LogP contribution is 2.40. The molecule has 0 aromatic carbocycles. The summed E-state index contributed by atoms with van der Waals surface area (Å²) in [6.45, 7) is 7.54. The van der Waals surface area contributed by atoms with Crippen molar-refractivity contribution in [3.8, 4) is 0 Å². The van der Waals surface area contributed by atoms with E-state index in [9.17, 15) is 0 Å². The summed E-state index contributed by atoms with van der Waals surface area (Å²) in [5.41, 5.74) is 2.37. The normalized spacial score (nSPS) is 18.3. The predicted octanol–water partition coefficient (Wildman–Crippen LogP) is 3.06. The topological polar surface area (TPSA) is 51.2 Å². The molecule has 1 saturated heterocycles. The van der Waals surface area contributed by atoms with Gasteiger partial charge in [-0.1, -0.05) is 13.8 Å². The molecule has 0 amide bonds. The van der Waals surface area contributed by atoms with Gasteiger partial charge in [0.25, 0.3) is 0 Å². The van der Waals surface area contributed by atoms with Crippen LogP contribution in [-0.4, -0.2) is 37.2 Å². The number of hydrogen-bond acceptors (Lipinski definition) is 4. The molecule has 5 rings (SSSR count). The van der Waals surface area contributed by atoms with Crippen molar-refractivity contribution in [1.29, 1.82) is 0 Å². The Morgan fingerprint density at radius 1 is 1.12 bits per heavy atom. The zero-order valence-electron chi connectivity index (χ0n) is 14.8. The number of rotatable bonds is 5. The van der Waals surface area contributed by atoms with E-state index >= 15 is 0 Å². The molecule has 0 atom stereocenters. The molecule has 6 nitrogen and oxygen atoms in total. The lowest BCUT2D eigenvalue weighted by Gasteiger charge is -2.40. The lowest BCUT2D eigenvalue weighted by molar-refractivity contribution is 0.349. The molecule has 1 aliphatic carbocycles. The summed E-state index contributed by atoms with van der Waals surface area (Å²) >= 11 is 0. The molecule has 6 heteroatoms. The Labute approximate surface area is 147 Å². The number of anilines is 1. The minimum atomic E-state index is 0.467. The highest BCUT2D eigenvalue weighted by atomic mass is 15.3. The van der Waals surface area contributed by atoms with E-state index in [0.717, 1.165) is 31.0 Å². The molecule has 0 N–H and O–H groups in total. The Morgan fingerprint density at radius 2 is 1.92 bits per heavy atom. The zero-order valence-corrected chi connectivity index (χ0v) is 14.8. The lowest BCUT2D eigenvalue weighted by atomic mass is 9.99. The quantitative estimate of drug-likeness (QED) is 0.718. The van der Waals surface area contributed by atoms with Crippen molar-refractivity contribution >= 4 is 11.3 Å². The van der Waals surface area contributed by atoms with Gasteiger partial charge in [-0.3, -0.25) is 0 Å². The third kappa shape index (κ3) is 2.60. The van der Waals surface area contributed by atoms with Gasteiger partial charge in [0.2, 0.25) is 0 Å². The van der Waals surface area contributed by atoms with Crippen LogP contribution in [0, 0.1) is 5.92 Å². The zero-order chi connectivity index (χ0) is 17.0. The molecule has 0 radical (unpaired) electrons. The molecule has 1 saturated carbocycles. The van der Waals surface area contributed by atoms with Crippen molar-refractivity contribution in [2.24, 2.45) is 5.92 Å². The van der Waals surface area contributed by atoms with Crippen LogP contribution in [0.1, 0.15) is 50.0 Å². The fraction of sp³-hybridized carbons (Fsp3) is 0.526. The van der Waals surface area contributed by atoms with Gasteiger partial charge in [-0.2, -0.15) is 5.10 Å². The Kier molecular flexibility index (Phi) is 3.33. The van der Waals surface area contributed by atoms with Gasteiger partial charge in [0.15, 0.2) is 5.82 Å². The summed E-state index contributed by atoms with van der Waals surface area (Å²) in [4.78, 5) is 11.5. The van der Waals surface area contributed by atoms with E-state index in [-0.39, 0.29) is 0 Å². The highest BCUT2D eigenvalue weighted by molar-refractivity contribution is 5.70. The molecule has 4 heterocycles. The van der Waals surface area contributed by atoms with E-state index in [2.05, 4.69) is 45.5 Å². The monoisotopic (exact) mass is 336 g/mol. The van der Waals surface area contributed by atoms with Crippen molar-refractivity contribution in [3.63, 3.8) is 0 Å². The number of imidazole rings is 1. The van der Waals surface area contributed by atoms with Gasteiger partial charge in [-0.25, -0.2) is 14.5 Å². The third-order valence-corrected chi connectivity index (χ3v) is 5.36. The average Bonchev–Trinajstić information content (AvgIpc) is 3.14. The molecule has 0 unspecified atom stereocenters. The molecule has 0 bridgehead atoms. The van der Waals surface area contributed by atoms with Gasteiger partial charge in [-0.05, 0) is 18.9 Å². The van der Waals surface area contributed by atoms with Crippen molar-refractivity contribution in [2.75, 3.05) is 18.0 Å². The van der Waals surface area contributed by atoms with Crippen LogP contribution in [0.15, 0.2) is 30.9 Å². The average molecular weight is 336 g/mol. The highest BCUT2D eigenvalue weighted by Gasteiger charge is 2.31. The van der Waals surface area contributed by atoms with Crippen molar-refractivity contribution < 1.29 is 0 Å². The maximum Gasteiger partial charge on any atom is 0.154 e. The van der Waals surface area contributed by atoms with Crippen LogP contribution in [0.25, 0.3) is 5.52 Å². The molecule has 3 aromatic rings. The first-order chi connectivity index (χ1) is 12.2. The molecule has 2 aliphatic rings. The predicted molar refractivity (Wildman–Crippen MR) is 97.0 cm³/mol. The maximum absolute atomic E-state index is 4.72. The standard InChI is InChI=1S/C19H24N6/c1-13(2)18-20-5-7-23(18)10-14-11-24(12-14)19-17-9-16(15-3-4-15)22-25(17)8-6-21-19/h5-9,13-15H,3-4,10-12H2,1-2H3. The van der Waals surface area contributed by atoms with E-state index in [1.165, 1.54) is 24.4 Å². The van der Waals surface area contributed by atoms with E-state index in [1.807, 2.05) is 23.1 Å². The fourth-order valence-electron chi connectivity index (χ4n) is 3.86. The van der Waals surface area contributed by atoms with E-state index < -0.39 is 0 Å². The summed E-state index contributed by atoms with van der Waals surface area (Å²) in [5.74, 6) is 4.05. The molecular formula is C19H24N6. The Balaban J connectivity index is 1.32. The summed E-state index contributed by atoms with van der Waals surface area (Å²) < 4.78 is 4.31. The minimum absolute atomic E-state index is 0.467. The van der Waals surface area contributed by atoms with Gasteiger partial charge in [0, 0.05) is 62.2 Å². The number of fused-ring (bicyclic) bond motifs is 1. The number of nitrogens with zero attached hydrogens (tertiary/aromatic N) is 6. The van der Waals surface area contributed by atoms with Crippen LogP contribution >= 0.6 is 0 Å². The van der Waals surface area contributed by atoms with Crippen LogP contribution in [0.2, 0.25) is 0 Å². The first-order valence-corrected chi connectivity index (χ1v) is 9.29. The molecule has 1 aliphatic heterocycles. The maximum atomic E-state index is 4.72. The van der Waals surface area contributed by atoms with Crippen molar-refractivity contribution in [2.45, 2.75) is 45.1 Å². The summed E-state index contributed by atoms with van der Waals surface area (Å²) in [6, 6.07) is 2.24. The molecule has 3 aromatic heterocycles.